The predicted octanol–water partition coefficient (Wildman–Crippen LogP) is 6.51. The lowest BCUT2D eigenvalue weighted by Crippen LogP contribution is -1.98. The Morgan fingerprint density at radius 2 is 1.48 bits per heavy atom. The molecule has 0 amide bonds. The van der Waals surface area contributed by atoms with Crippen molar-refractivity contribution in [1.29, 1.82) is 0 Å². The summed E-state index contributed by atoms with van der Waals surface area (Å²) >= 11 is 7.19. The SMILES string of the molecule is Brc1ccc2c(c1)c1cc(Br)ccc1n2C1=CC=CCC1. The Morgan fingerprint density at radius 3 is 2.00 bits per heavy atom. The number of rotatable bonds is 1. The van der Waals surface area contributed by atoms with Gasteiger partial charge in [-0.3, -0.25) is 0 Å². The fraction of sp³-hybridized carbons (Fsp3) is 0.111. The monoisotopic (exact) mass is 401 g/mol. The Hall–Kier alpha value is -1.32. The van der Waals surface area contributed by atoms with E-state index in [4.69, 9.17) is 0 Å². The van der Waals surface area contributed by atoms with E-state index in [-0.39, 0.29) is 0 Å². The second kappa shape index (κ2) is 5.15. The molecule has 0 radical (unpaired) electrons. The van der Waals surface area contributed by atoms with Crippen molar-refractivity contribution >= 4 is 59.4 Å². The summed E-state index contributed by atoms with van der Waals surface area (Å²) in [4.78, 5) is 0. The largest absolute Gasteiger partial charge is 0.313 e. The van der Waals surface area contributed by atoms with Crippen LogP contribution >= 0.6 is 31.9 Å². The Labute approximate surface area is 140 Å². The Balaban J connectivity index is 2.16. The molecule has 0 saturated carbocycles. The van der Waals surface area contributed by atoms with Crippen LogP contribution in [0.15, 0.2) is 63.6 Å². The first-order valence-corrected chi connectivity index (χ1v) is 8.58. The minimum absolute atomic E-state index is 1.08. The molecule has 0 fully saturated rings. The van der Waals surface area contributed by atoms with Crippen LogP contribution in [0.4, 0.5) is 0 Å². The maximum Gasteiger partial charge on any atom is 0.0538 e. The summed E-state index contributed by atoms with van der Waals surface area (Å²) < 4.78 is 4.63. The molecule has 21 heavy (non-hydrogen) atoms. The first-order chi connectivity index (χ1) is 10.2. The molecule has 0 atom stereocenters. The van der Waals surface area contributed by atoms with E-state index < -0.39 is 0 Å². The zero-order valence-corrected chi connectivity index (χ0v) is 14.5. The van der Waals surface area contributed by atoms with E-state index >= 15 is 0 Å². The van der Waals surface area contributed by atoms with Gasteiger partial charge in [-0.1, -0.05) is 44.0 Å². The zero-order chi connectivity index (χ0) is 14.4. The van der Waals surface area contributed by atoms with E-state index in [2.05, 4.69) is 91.1 Å². The normalized spacial score (nSPS) is 14.9. The minimum atomic E-state index is 1.08. The van der Waals surface area contributed by atoms with E-state index in [0.717, 1.165) is 21.8 Å². The number of hydrogen-bond acceptors (Lipinski definition) is 0. The number of allylic oxidation sites excluding steroid dienone is 4. The molecule has 0 aliphatic heterocycles. The van der Waals surface area contributed by atoms with Crippen molar-refractivity contribution in [3.8, 4) is 0 Å². The van der Waals surface area contributed by atoms with Crippen LogP contribution in [0.3, 0.4) is 0 Å². The van der Waals surface area contributed by atoms with E-state index in [9.17, 15) is 0 Å². The quantitative estimate of drug-likeness (QED) is 0.437. The molecule has 3 heteroatoms. The molecule has 0 N–H and O–H groups in total. The maximum absolute atomic E-state index is 3.60. The third-order valence-corrected chi connectivity index (χ3v) is 4.95. The van der Waals surface area contributed by atoms with Crippen LogP contribution in [-0.4, -0.2) is 4.57 Å². The van der Waals surface area contributed by atoms with Crippen molar-refractivity contribution in [1.82, 2.24) is 4.57 Å². The van der Waals surface area contributed by atoms with Gasteiger partial charge in [0.1, 0.15) is 0 Å². The first kappa shape index (κ1) is 13.4. The molecular weight excluding hydrogens is 390 g/mol. The van der Waals surface area contributed by atoms with Crippen LogP contribution in [0.2, 0.25) is 0 Å². The number of fused-ring (bicyclic) bond motifs is 3. The van der Waals surface area contributed by atoms with Gasteiger partial charge < -0.3 is 4.57 Å². The Bertz CT molecular complexity index is 857. The van der Waals surface area contributed by atoms with Crippen molar-refractivity contribution < 1.29 is 0 Å². The van der Waals surface area contributed by atoms with Crippen molar-refractivity contribution in [2.45, 2.75) is 12.8 Å². The summed E-state index contributed by atoms with van der Waals surface area (Å²) in [5.41, 5.74) is 3.91. The van der Waals surface area contributed by atoms with Crippen molar-refractivity contribution in [2.24, 2.45) is 0 Å². The molecular formula is C18H13Br2N. The van der Waals surface area contributed by atoms with Crippen molar-refractivity contribution in [3.05, 3.63) is 63.6 Å². The van der Waals surface area contributed by atoms with Gasteiger partial charge in [-0.05, 0) is 55.3 Å². The second-order valence-electron chi connectivity index (χ2n) is 5.28. The Morgan fingerprint density at radius 1 is 0.857 bits per heavy atom. The predicted molar refractivity (Wildman–Crippen MR) is 97.5 cm³/mol. The molecule has 3 aromatic rings. The molecule has 104 valence electrons. The average molecular weight is 403 g/mol. The molecule has 1 aliphatic rings. The van der Waals surface area contributed by atoms with Gasteiger partial charge in [0, 0.05) is 25.4 Å². The molecule has 1 aliphatic carbocycles. The number of aromatic nitrogens is 1. The van der Waals surface area contributed by atoms with Gasteiger partial charge in [-0.15, -0.1) is 0 Å². The third-order valence-electron chi connectivity index (χ3n) is 3.97. The first-order valence-electron chi connectivity index (χ1n) is 6.99. The van der Waals surface area contributed by atoms with Crippen LogP contribution in [0.5, 0.6) is 0 Å². The average Bonchev–Trinajstić information content (AvgIpc) is 2.81. The molecule has 1 heterocycles. The summed E-state index contributed by atoms with van der Waals surface area (Å²) in [6.07, 6.45) is 8.81. The number of benzene rings is 2. The van der Waals surface area contributed by atoms with E-state index in [0.29, 0.717) is 0 Å². The summed E-state index contributed by atoms with van der Waals surface area (Å²) in [5, 5.41) is 2.58. The summed E-state index contributed by atoms with van der Waals surface area (Å²) in [6.45, 7) is 0. The standard InChI is InChI=1S/C18H13Br2N/c19-12-6-8-17-15(10-12)16-11-13(20)7-9-18(16)21(17)14-4-2-1-3-5-14/h1-2,4,6-11H,3,5H2. The summed E-state index contributed by atoms with van der Waals surface area (Å²) in [6, 6.07) is 13.1. The van der Waals surface area contributed by atoms with Crippen LogP contribution < -0.4 is 0 Å². The molecule has 0 unspecified atom stereocenters. The second-order valence-corrected chi connectivity index (χ2v) is 7.11. The highest BCUT2D eigenvalue weighted by Crippen LogP contribution is 2.36. The van der Waals surface area contributed by atoms with Crippen molar-refractivity contribution in [2.75, 3.05) is 0 Å². The van der Waals surface area contributed by atoms with Gasteiger partial charge in [-0.25, -0.2) is 0 Å². The van der Waals surface area contributed by atoms with Crippen LogP contribution in [0.25, 0.3) is 27.5 Å². The van der Waals surface area contributed by atoms with E-state index in [1.165, 1.54) is 27.5 Å². The topological polar surface area (TPSA) is 4.93 Å². The smallest absolute Gasteiger partial charge is 0.0538 e. The van der Waals surface area contributed by atoms with Crippen LogP contribution in [-0.2, 0) is 0 Å². The van der Waals surface area contributed by atoms with Crippen LogP contribution in [0.1, 0.15) is 12.8 Å². The summed E-state index contributed by atoms with van der Waals surface area (Å²) in [5.74, 6) is 0. The zero-order valence-electron chi connectivity index (χ0n) is 11.3. The van der Waals surface area contributed by atoms with Gasteiger partial charge in [0.15, 0.2) is 0 Å². The maximum atomic E-state index is 3.60. The van der Waals surface area contributed by atoms with Crippen molar-refractivity contribution in [3.63, 3.8) is 0 Å². The fourth-order valence-corrected chi connectivity index (χ4v) is 3.78. The number of hydrogen-bond donors (Lipinski definition) is 0. The molecule has 0 spiro atoms. The molecule has 1 aromatic heterocycles. The molecule has 0 saturated heterocycles. The number of halogens is 2. The molecule has 1 nitrogen and oxygen atoms in total. The van der Waals surface area contributed by atoms with Crippen LogP contribution in [0, 0.1) is 0 Å². The van der Waals surface area contributed by atoms with E-state index in [1.807, 2.05) is 0 Å². The highest BCUT2D eigenvalue weighted by atomic mass is 79.9. The Kier molecular flexibility index (Phi) is 3.27. The summed E-state index contributed by atoms with van der Waals surface area (Å²) in [7, 11) is 0. The number of nitrogens with zero attached hydrogens (tertiary/aromatic N) is 1. The lowest BCUT2D eigenvalue weighted by Gasteiger charge is -2.13. The molecule has 0 bridgehead atoms. The highest BCUT2D eigenvalue weighted by molar-refractivity contribution is 9.10. The van der Waals surface area contributed by atoms with Gasteiger partial charge >= 0.3 is 0 Å². The van der Waals surface area contributed by atoms with Gasteiger partial charge in [0.25, 0.3) is 0 Å². The minimum Gasteiger partial charge on any atom is -0.313 e. The fourth-order valence-electron chi connectivity index (χ4n) is 3.05. The van der Waals surface area contributed by atoms with Gasteiger partial charge in [-0.2, -0.15) is 0 Å². The highest BCUT2D eigenvalue weighted by Gasteiger charge is 2.14. The lowest BCUT2D eigenvalue weighted by atomic mass is 10.1. The van der Waals surface area contributed by atoms with Gasteiger partial charge in [0.05, 0.1) is 11.0 Å². The third kappa shape index (κ3) is 2.19. The molecule has 4 rings (SSSR count). The molecule has 2 aromatic carbocycles. The van der Waals surface area contributed by atoms with E-state index in [1.54, 1.807) is 0 Å². The lowest BCUT2D eigenvalue weighted by molar-refractivity contribution is 0.979. The van der Waals surface area contributed by atoms with Gasteiger partial charge in [0.2, 0.25) is 0 Å².